The van der Waals surface area contributed by atoms with Crippen molar-refractivity contribution in [2.45, 2.75) is 57.8 Å². The lowest BCUT2D eigenvalue weighted by molar-refractivity contribution is -0.147. The number of esters is 1. The molecule has 0 unspecified atom stereocenters. The fourth-order valence-corrected chi connectivity index (χ4v) is 4.48. The van der Waals surface area contributed by atoms with Gasteiger partial charge in [-0.1, -0.05) is 31.5 Å². The van der Waals surface area contributed by atoms with Crippen molar-refractivity contribution < 1.29 is 23.5 Å². The molecule has 0 bridgehead atoms. The highest BCUT2D eigenvalue weighted by Gasteiger charge is 2.27. The third kappa shape index (κ3) is 7.09. The Morgan fingerprint density at radius 3 is 2.79 bits per heavy atom. The van der Waals surface area contributed by atoms with Gasteiger partial charge in [0.05, 0.1) is 23.3 Å². The molecule has 1 aromatic carbocycles. The average molecular weight is 549 g/mol. The molecule has 3 heterocycles. The number of anilines is 1. The number of benzene rings is 1. The summed E-state index contributed by atoms with van der Waals surface area (Å²) in [5, 5.41) is 6.16. The van der Waals surface area contributed by atoms with Gasteiger partial charge in [0.2, 0.25) is 5.95 Å². The summed E-state index contributed by atoms with van der Waals surface area (Å²) in [5.41, 5.74) is 8.16. The van der Waals surface area contributed by atoms with Gasteiger partial charge in [0.25, 0.3) is 0 Å². The molecule has 1 fully saturated rings. The van der Waals surface area contributed by atoms with Gasteiger partial charge in [-0.3, -0.25) is 4.79 Å². The summed E-state index contributed by atoms with van der Waals surface area (Å²) in [6, 6.07) is 2.43. The monoisotopic (exact) mass is 548 g/mol. The third-order valence-corrected chi connectivity index (χ3v) is 7.10. The molecule has 10 nitrogen and oxygen atoms in total. The minimum Gasteiger partial charge on any atom is -0.462 e. The quantitative estimate of drug-likeness (QED) is 0.429. The van der Waals surface area contributed by atoms with Gasteiger partial charge in [0, 0.05) is 32.0 Å². The number of halogens is 2. The van der Waals surface area contributed by atoms with Crippen molar-refractivity contribution in [3.05, 3.63) is 52.1 Å². The Bertz CT molecular complexity index is 1150. The smallest absolute Gasteiger partial charge is 0.323 e. The number of aromatic nitrogens is 2. The summed E-state index contributed by atoms with van der Waals surface area (Å²) in [7, 11) is 0. The molecule has 0 aliphatic carbocycles. The van der Waals surface area contributed by atoms with E-state index in [1.54, 1.807) is 11.1 Å². The molecule has 2 amide bonds. The lowest BCUT2D eigenvalue weighted by Crippen LogP contribution is -2.46. The van der Waals surface area contributed by atoms with Crippen molar-refractivity contribution >= 4 is 29.5 Å². The number of carbonyl (C=O) groups is 2. The zero-order chi connectivity index (χ0) is 27.2. The number of nitrogens with one attached hydrogen (secondary N) is 2. The lowest BCUT2D eigenvalue weighted by atomic mass is 10.1. The Balaban J connectivity index is 1.44. The van der Waals surface area contributed by atoms with Crippen LogP contribution in [0.5, 0.6) is 0 Å². The van der Waals surface area contributed by atoms with E-state index in [4.69, 9.17) is 26.8 Å². The van der Waals surface area contributed by atoms with Crippen LogP contribution in [0.25, 0.3) is 0 Å². The highest BCUT2D eigenvalue weighted by molar-refractivity contribution is 6.30. The van der Waals surface area contributed by atoms with Gasteiger partial charge in [-0.05, 0) is 48.4 Å². The van der Waals surface area contributed by atoms with Crippen LogP contribution in [-0.2, 0) is 27.2 Å². The summed E-state index contributed by atoms with van der Waals surface area (Å²) < 4.78 is 24.6. The summed E-state index contributed by atoms with van der Waals surface area (Å²) >= 11 is 5.99. The second-order valence-electron chi connectivity index (χ2n) is 9.94. The molecule has 2 aromatic rings. The van der Waals surface area contributed by atoms with Gasteiger partial charge in [-0.25, -0.2) is 19.2 Å². The lowest BCUT2D eigenvalue weighted by Gasteiger charge is -2.31. The predicted molar refractivity (Wildman–Crippen MR) is 140 cm³/mol. The molecule has 0 spiro atoms. The second-order valence-corrected chi connectivity index (χ2v) is 10.4. The number of rotatable bonds is 8. The van der Waals surface area contributed by atoms with E-state index in [2.05, 4.69) is 20.6 Å². The van der Waals surface area contributed by atoms with E-state index >= 15 is 0 Å². The topological polar surface area (TPSA) is 132 Å². The van der Waals surface area contributed by atoms with E-state index in [0.29, 0.717) is 44.2 Å². The van der Waals surface area contributed by atoms with Gasteiger partial charge in [-0.15, -0.1) is 0 Å². The number of hydrogen-bond donors (Lipinski definition) is 3. The molecular formula is C26H34ClFN6O4. The molecule has 12 heteroatoms. The number of carbonyl (C=O) groups excluding carboxylic acids is 2. The number of nitrogens with zero attached hydrogens (tertiary/aromatic N) is 3. The number of ether oxygens (including phenoxy) is 2. The highest BCUT2D eigenvalue weighted by Crippen LogP contribution is 2.24. The largest absolute Gasteiger partial charge is 0.462 e. The molecular weight excluding hydrogens is 515 g/mol. The fraction of sp³-hybridized carbons (Fsp3) is 0.538. The summed E-state index contributed by atoms with van der Waals surface area (Å²) in [5.74, 6) is -0.750. The Morgan fingerprint density at radius 2 is 2.08 bits per heavy atom. The first kappa shape index (κ1) is 28.0. The van der Waals surface area contributed by atoms with E-state index in [-0.39, 0.29) is 29.6 Å². The first-order valence-corrected chi connectivity index (χ1v) is 13.2. The van der Waals surface area contributed by atoms with E-state index < -0.39 is 23.9 Å². The Labute approximate surface area is 226 Å². The van der Waals surface area contributed by atoms with Crippen molar-refractivity contribution in [2.75, 3.05) is 31.7 Å². The van der Waals surface area contributed by atoms with Crippen molar-refractivity contribution in [3.8, 4) is 0 Å². The maximum atomic E-state index is 13.8. The van der Waals surface area contributed by atoms with E-state index in [9.17, 15) is 14.0 Å². The SMILES string of the molecule is CC(C)[C@H](N)C(=O)OC[C@@H](NC(=O)N1CCc2cnc(NC3CCOCC3)nc2C1)c1ccc(F)c(Cl)c1. The molecule has 2 aliphatic heterocycles. The molecule has 0 saturated carbocycles. The predicted octanol–water partition coefficient (Wildman–Crippen LogP) is 3.20. The molecule has 0 radical (unpaired) electrons. The molecule has 38 heavy (non-hydrogen) atoms. The molecule has 1 aromatic heterocycles. The standard InChI is InChI=1S/C26H34ClFN6O4/c1-15(2)23(29)24(35)38-14-22(16-3-4-20(28)19(27)11-16)33-26(36)34-8-5-17-12-30-25(32-21(17)13-34)31-18-6-9-37-10-7-18/h3-4,11-12,15,18,22-23H,5-10,13-14,29H2,1-2H3,(H,33,36)(H,30,31,32)/t22-,23+/m1/s1. The fourth-order valence-electron chi connectivity index (χ4n) is 4.30. The Morgan fingerprint density at radius 1 is 1.32 bits per heavy atom. The van der Waals surface area contributed by atoms with Crippen LogP contribution in [0.4, 0.5) is 15.1 Å². The summed E-state index contributed by atoms with van der Waals surface area (Å²) in [6.07, 6.45) is 4.18. The van der Waals surface area contributed by atoms with Crippen LogP contribution in [0.3, 0.4) is 0 Å². The van der Waals surface area contributed by atoms with Crippen LogP contribution in [-0.4, -0.2) is 65.3 Å². The van der Waals surface area contributed by atoms with Gasteiger partial charge in [-0.2, -0.15) is 0 Å². The molecule has 4 rings (SSSR count). The summed E-state index contributed by atoms with van der Waals surface area (Å²) in [4.78, 5) is 36.4. The van der Waals surface area contributed by atoms with Crippen LogP contribution in [0.2, 0.25) is 5.02 Å². The first-order chi connectivity index (χ1) is 18.2. The maximum Gasteiger partial charge on any atom is 0.323 e. The maximum absolute atomic E-state index is 13.8. The van der Waals surface area contributed by atoms with Crippen molar-refractivity contribution in [1.82, 2.24) is 20.2 Å². The molecule has 2 aliphatic rings. The van der Waals surface area contributed by atoms with Crippen LogP contribution in [0.1, 0.15) is 49.6 Å². The second kappa shape index (κ2) is 12.7. The minimum atomic E-state index is -0.801. The number of urea groups is 1. The van der Waals surface area contributed by atoms with Gasteiger partial charge in [0.15, 0.2) is 0 Å². The third-order valence-electron chi connectivity index (χ3n) is 6.81. The van der Waals surface area contributed by atoms with E-state index in [1.165, 1.54) is 18.2 Å². The van der Waals surface area contributed by atoms with E-state index in [1.807, 2.05) is 13.8 Å². The molecule has 1 saturated heterocycles. The highest BCUT2D eigenvalue weighted by atomic mass is 35.5. The first-order valence-electron chi connectivity index (χ1n) is 12.8. The van der Waals surface area contributed by atoms with Crippen LogP contribution in [0, 0.1) is 11.7 Å². The number of nitrogens with two attached hydrogens (primary N) is 1. The normalized spacial score (nSPS) is 17.5. The van der Waals surface area contributed by atoms with Crippen molar-refractivity contribution in [3.63, 3.8) is 0 Å². The minimum absolute atomic E-state index is 0.0971. The van der Waals surface area contributed by atoms with Crippen molar-refractivity contribution in [2.24, 2.45) is 11.7 Å². The van der Waals surface area contributed by atoms with Crippen LogP contribution in [0.15, 0.2) is 24.4 Å². The zero-order valence-electron chi connectivity index (χ0n) is 21.6. The number of fused-ring (bicyclic) bond motifs is 1. The average Bonchev–Trinajstić information content (AvgIpc) is 2.92. The Kier molecular flexibility index (Phi) is 9.35. The molecule has 206 valence electrons. The van der Waals surface area contributed by atoms with E-state index in [0.717, 1.165) is 24.1 Å². The summed E-state index contributed by atoms with van der Waals surface area (Å²) in [6.45, 7) is 5.61. The van der Waals surface area contributed by atoms with Gasteiger partial charge < -0.3 is 30.7 Å². The molecule has 2 atom stereocenters. The molecule has 4 N–H and O–H groups in total. The number of amides is 2. The Hall–Kier alpha value is -3.02. The van der Waals surface area contributed by atoms with Crippen molar-refractivity contribution in [1.29, 1.82) is 0 Å². The van der Waals surface area contributed by atoms with Gasteiger partial charge in [0.1, 0.15) is 18.5 Å². The van der Waals surface area contributed by atoms with Crippen LogP contribution >= 0.6 is 11.6 Å². The zero-order valence-corrected chi connectivity index (χ0v) is 22.3. The number of hydrogen-bond acceptors (Lipinski definition) is 8. The van der Waals surface area contributed by atoms with Gasteiger partial charge >= 0.3 is 12.0 Å². The van der Waals surface area contributed by atoms with Crippen LogP contribution < -0.4 is 16.4 Å².